The van der Waals surface area contributed by atoms with Gasteiger partial charge in [0.05, 0.1) is 25.7 Å². The van der Waals surface area contributed by atoms with Crippen LogP contribution < -0.4 is 10.1 Å². The molecule has 0 heterocycles. The summed E-state index contributed by atoms with van der Waals surface area (Å²) in [6.07, 6.45) is 0.242. The molecule has 0 unspecified atom stereocenters. The third-order valence-corrected chi connectivity index (χ3v) is 3.38. The van der Waals surface area contributed by atoms with E-state index in [1.54, 1.807) is 24.3 Å². The van der Waals surface area contributed by atoms with E-state index in [4.69, 9.17) is 4.74 Å². The van der Waals surface area contributed by atoms with Gasteiger partial charge in [-0.3, -0.25) is 4.79 Å². The van der Waals surface area contributed by atoms with Gasteiger partial charge in [0, 0.05) is 5.69 Å². The van der Waals surface area contributed by atoms with Gasteiger partial charge in [-0.1, -0.05) is 6.07 Å². The van der Waals surface area contributed by atoms with E-state index in [-0.39, 0.29) is 12.3 Å². The number of hydrogen-bond donors (Lipinski definition) is 1. The highest BCUT2D eigenvalue weighted by Gasteiger charge is 2.07. The molecule has 0 aliphatic rings. The second-order valence-electron chi connectivity index (χ2n) is 5.54. The standard InChI is InChI=1S/C19H21NO4/c1-13-10-14(2)12-17(11-13)24-9-8-18(21)20-16-6-4-15(5-7-16)19(22)23-3/h4-7,10-12H,8-9H2,1-3H3,(H,20,21). The molecule has 1 N–H and O–H groups in total. The van der Waals surface area contributed by atoms with Crippen molar-refractivity contribution < 1.29 is 19.1 Å². The third-order valence-electron chi connectivity index (χ3n) is 3.38. The van der Waals surface area contributed by atoms with E-state index in [2.05, 4.69) is 16.1 Å². The Kier molecular flexibility index (Phi) is 5.95. The predicted molar refractivity (Wildman–Crippen MR) is 92.4 cm³/mol. The molecule has 2 rings (SSSR count). The minimum absolute atomic E-state index is 0.148. The van der Waals surface area contributed by atoms with Gasteiger partial charge in [0.15, 0.2) is 0 Å². The summed E-state index contributed by atoms with van der Waals surface area (Å²) < 4.78 is 10.2. The highest BCUT2D eigenvalue weighted by molar-refractivity contribution is 5.93. The van der Waals surface area contributed by atoms with E-state index in [0.717, 1.165) is 16.9 Å². The van der Waals surface area contributed by atoms with Gasteiger partial charge < -0.3 is 14.8 Å². The molecule has 0 bridgehead atoms. The molecule has 0 saturated heterocycles. The van der Waals surface area contributed by atoms with E-state index < -0.39 is 5.97 Å². The predicted octanol–water partition coefficient (Wildman–Crippen LogP) is 3.50. The van der Waals surface area contributed by atoms with Crippen LogP contribution in [0.15, 0.2) is 42.5 Å². The average Bonchev–Trinajstić information content (AvgIpc) is 2.54. The smallest absolute Gasteiger partial charge is 0.337 e. The molecule has 2 aromatic rings. The van der Waals surface area contributed by atoms with Gasteiger partial charge in [0.1, 0.15) is 5.75 Å². The van der Waals surface area contributed by atoms with Crippen LogP contribution in [0.4, 0.5) is 5.69 Å². The Balaban J connectivity index is 1.81. The number of benzene rings is 2. The molecule has 1 amide bonds. The first kappa shape index (κ1) is 17.5. The van der Waals surface area contributed by atoms with E-state index in [9.17, 15) is 9.59 Å². The van der Waals surface area contributed by atoms with Crippen LogP contribution in [0.1, 0.15) is 27.9 Å². The second kappa shape index (κ2) is 8.15. The number of esters is 1. The fourth-order valence-corrected chi connectivity index (χ4v) is 2.31. The molecular formula is C19H21NO4. The van der Waals surface area contributed by atoms with Gasteiger partial charge in [0.2, 0.25) is 5.91 Å². The Labute approximate surface area is 141 Å². The lowest BCUT2D eigenvalue weighted by molar-refractivity contribution is -0.116. The first-order valence-corrected chi connectivity index (χ1v) is 7.67. The molecule has 0 atom stereocenters. The molecule has 24 heavy (non-hydrogen) atoms. The van der Waals surface area contributed by atoms with Crippen molar-refractivity contribution in [2.75, 3.05) is 19.0 Å². The molecule has 2 aromatic carbocycles. The molecule has 5 nitrogen and oxygen atoms in total. The van der Waals surface area contributed by atoms with E-state index >= 15 is 0 Å². The number of aryl methyl sites for hydroxylation is 2. The summed E-state index contributed by atoms with van der Waals surface area (Å²) >= 11 is 0. The zero-order valence-electron chi connectivity index (χ0n) is 14.1. The first-order chi connectivity index (χ1) is 11.5. The lowest BCUT2D eigenvalue weighted by atomic mass is 10.1. The first-order valence-electron chi connectivity index (χ1n) is 7.67. The van der Waals surface area contributed by atoms with Crippen LogP contribution in [-0.2, 0) is 9.53 Å². The highest BCUT2D eigenvalue weighted by Crippen LogP contribution is 2.16. The Morgan fingerprint density at radius 2 is 1.62 bits per heavy atom. The van der Waals surface area contributed by atoms with Gasteiger partial charge in [-0.15, -0.1) is 0 Å². The molecular weight excluding hydrogens is 306 g/mol. The quantitative estimate of drug-likeness (QED) is 0.825. The number of ether oxygens (including phenoxy) is 2. The van der Waals surface area contributed by atoms with Crippen LogP contribution >= 0.6 is 0 Å². The summed E-state index contributed by atoms with van der Waals surface area (Å²) in [7, 11) is 1.33. The van der Waals surface area contributed by atoms with E-state index in [1.807, 2.05) is 26.0 Å². The number of hydrogen-bond acceptors (Lipinski definition) is 4. The fourth-order valence-electron chi connectivity index (χ4n) is 2.31. The van der Waals surface area contributed by atoms with Crippen molar-refractivity contribution in [3.05, 3.63) is 59.2 Å². The van der Waals surface area contributed by atoms with Crippen LogP contribution in [0.3, 0.4) is 0 Å². The lowest BCUT2D eigenvalue weighted by Gasteiger charge is -2.09. The monoisotopic (exact) mass is 327 g/mol. The number of rotatable bonds is 6. The third kappa shape index (κ3) is 5.12. The minimum Gasteiger partial charge on any atom is -0.493 e. The number of nitrogens with one attached hydrogen (secondary N) is 1. The van der Waals surface area contributed by atoms with E-state index in [1.165, 1.54) is 7.11 Å². The molecule has 0 aliphatic carbocycles. The summed E-state index contributed by atoms with van der Waals surface area (Å²) in [5, 5.41) is 2.76. The summed E-state index contributed by atoms with van der Waals surface area (Å²) in [5.74, 6) is 0.211. The SMILES string of the molecule is COC(=O)c1ccc(NC(=O)CCOc2cc(C)cc(C)c2)cc1. The summed E-state index contributed by atoms with van der Waals surface area (Å²) in [6.45, 7) is 4.31. The Bertz CT molecular complexity index is 702. The van der Waals surface area contributed by atoms with Crippen molar-refractivity contribution in [1.29, 1.82) is 0 Å². The van der Waals surface area contributed by atoms with E-state index in [0.29, 0.717) is 17.9 Å². The number of carbonyl (C=O) groups is 2. The molecule has 0 aromatic heterocycles. The van der Waals surface area contributed by atoms with Crippen molar-refractivity contribution in [3.8, 4) is 5.75 Å². The highest BCUT2D eigenvalue weighted by atomic mass is 16.5. The summed E-state index contributed by atoms with van der Waals surface area (Å²) in [4.78, 5) is 23.3. The summed E-state index contributed by atoms with van der Waals surface area (Å²) in [5.41, 5.74) is 3.31. The van der Waals surface area contributed by atoms with Crippen LogP contribution in [0.25, 0.3) is 0 Å². The van der Waals surface area contributed by atoms with Crippen molar-refractivity contribution in [3.63, 3.8) is 0 Å². The number of carbonyl (C=O) groups excluding carboxylic acids is 2. The Morgan fingerprint density at radius 1 is 1.00 bits per heavy atom. The minimum atomic E-state index is -0.408. The molecule has 126 valence electrons. The van der Waals surface area contributed by atoms with Gasteiger partial charge in [0.25, 0.3) is 0 Å². The van der Waals surface area contributed by atoms with Crippen LogP contribution in [0.5, 0.6) is 5.75 Å². The second-order valence-corrected chi connectivity index (χ2v) is 5.54. The van der Waals surface area contributed by atoms with Gasteiger partial charge >= 0.3 is 5.97 Å². The van der Waals surface area contributed by atoms with Crippen molar-refractivity contribution in [1.82, 2.24) is 0 Å². The topological polar surface area (TPSA) is 64.6 Å². The van der Waals surface area contributed by atoms with Crippen molar-refractivity contribution in [2.45, 2.75) is 20.3 Å². The molecule has 0 fully saturated rings. The molecule has 5 heteroatoms. The van der Waals surface area contributed by atoms with Crippen molar-refractivity contribution in [2.24, 2.45) is 0 Å². The van der Waals surface area contributed by atoms with Crippen LogP contribution in [0.2, 0.25) is 0 Å². The van der Waals surface area contributed by atoms with Crippen LogP contribution in [-0.4, -0.2) is 25.6 Å². The maximum Gasteiger partial charge on any atom is 0.337 e. The number of methoxy groups -OCH3 is 1. The Hall–Kier alpha value is -2.82. The van der Waals surface area contributed by atoms with Gasteiger partial charge in [-0.25, -0.2) is 4.79 Å². The molecule has 0 aliphatic heterocycles. The molecule has 0 radical (unpaired) electrons. The maximum absolute atomic E-state index is 11.9. The number of anilines is 1. The Morgan fingerprint density at radius 3 is 2.21 bits per heavy atom. The fraction of sp³-hybridized carbons (Fsp3) is 0.263. The van der Waals surface area contributed by atoms with Gasteiger partial charge in [-0.05, 0) is 61.4 Å². The normalized spacial score (nSPS) is 10.1. The molecule has 0 spiro atoms. The average molecular weight is 327 g/mol. The molecule has 0 saturated carbocycles. The largest absolute Gasteiger partial charge is 0.493 e. The summed E-state index contributed by atoms with van der Waals surface area (Å²) in [6, 6.07) is 12.5. The van der Waals surface area contributed by atoms with Gasteiger partial charge in [-0.2, -0.15) is 0 Å². The van der Waals surface area contributed by atoms with Crippen molar-refractivity contribution >= 4 is 17.6 Å². The lowest BCUT2D eigenvalue weighted by Crippen LogP contribution is -2.15. The zero-order chi connectivity index (χ0) is 17.5. The van der Waals surface area contributed by atoms with Crippen LogP contribution in [0, 0.1) is 13.8 Å². The number of amides is 1. The zero-order valence-corrected chi connectivity index (χ0v) is 14.1. The maximum atomic E-state index is 11.9.